The molecule has 2 amide bonds. The van der Waals surface area contributed by atoms with Gasteiger partial charge in [-0.25, -0.2) is 0 Å². The van der Waals surface area contributed by atoms with Gasteiger partial charge in [0.2, 0.25) is 0 Å². The van der Waals surface area contributed by atoms with Gasteiger partial charge in [0.05, 0.1) is 5.41 Å². The number of hydrogen-bond donors (Lipinski definition) is 3. The number of H-pyrrole nitrogens is 1. The van der Waals surface area contributed by atoms with Crippen LogP contribution in [0.3, 0.4) is 0 Å². The summed E-state index contributed by atoms with van der Waals surface area (Å²) < 4.78 is 0. The molecule has 8 nitrogen and oxygen atoms in total. The van der Waals surface area contributed by atoms with Crippen molar-refractivity contribution in [1.29, 1.82) is 0 Å². The number of amides is 2. The molecule has 0 aliphatic heterocycles. The Hall–Kier alpha value is -3.94. The molecule has 0 saturated carbocycles. The Bertz CT molecular complexity index is 1150. The molecule has 2 aromatic carbocycles. The van der Waals surface area contributed by atoms with Gasteiger partial charge in [0.25, 0.3) is 11.8 Å². The number of aromatic nitrogens is 2. The van der Waals surface area contributed by atoms with E-state index in [-0.39, 0.29) is 23.7 Å². The largest absolute Gasteiger partial charge is 0.481 e. The van der Waals surface area contributed by atoms with Crippen LogP contribution >= 0.6 is 0 Å². The second-order valence-corrected chi connectivity index (χ2v) is 9.20. The van der Waals surface area contributed by atoms with E-state index in [1.807, 2.05) is 54.6 Å². The Morgan fingerprint density at radius 2 is 1.65 bits per heavy atom. The standard InChI is InChI=1S/C26H30N4O4/c1-26(2,25(33)34)16-20(27-23(31)21-15-22(29-28-21)24(32)30(3)4)14-17-10-12-19(13-11-17)18-8-6-5-7-9-18/h5-13,15,20H,14,16H2,1-4H3,(H,27,31)(H,28,29)(H,33,34)/t20-/m1/s1. The van der Waals surface area contributed by atoms with Gasteiger partial charge in [-0.2, -0.15) is 5.10 Å². The van der Waals surface area contributed by atoms with E-state index in [2.05, 4.69) is 15.5 Å². The van der Waals surface area contributed by atoms with Gasteiger partial charge in [-0.3, -0.25) is 19.5 Å². The maximum atomic E-state index is 12.9. The van der Waals surface area contributed by atoms with Crippen LogP contribution in [0.1, 0.15) is 46.8 Å². The number of nitrogens with zero attached hydrogens (tertiary/aromatic N) is 2. The van der Waals surface area contributed by atoms with Crippen molar-refractivity contribution < 1.29 is 19.5 Å². The summed E-state index contributed by atoms with van der Waals surface area (Å²) in [5.74, 6) is -1.71. The second-order valence-electron chi connectivity index (χ2n) is 9.20. The summed E-state index contributed by atoms with van der Waals surface area (Å²) in [6.45, 7) is 3.27. The molecule has 0 bridgehead atoms. The lowest BCUT2D eigenvalue weighted by atomic mass is 9.83. The first kappa shape index (κ1) is 24.7. The summed E-state index contributed by atoms with van der Waals surface area (Å²) in [5, 5.41) is 19.1. The van der Waals surface area contributed by atoms with Crippen molar-refractivity contribution in [2.45, 2.75) is 32.7 Å². The van der Waals surface area contributed by atoms with Crippen molar-refractivity contribution in [2.75, 3.05) is 14.1 Å². The maximum Gasteiger partial charge on any atom is 0.309 e. The predicted molar refractivity (Wildman–Crippen MR) is 129 cm³/mol. The molecule has 3 aromatic rings. The fraction of sp³-hybridized carbons (Fsp3) is 0.308. The molecule has 0 spiro atoms. The SMILES string of the molecule is CN(C)C(=O)c1cc(C(=O)N[C@H](Cc2ccc(-c3ccccc3)cc2)CC(C)(C)C(=O)O)n[nH]1. The van der Waals surface area contributed by atoms with Gasteiger partial charge in [0.15, 0.2) is 5.69 Å². The smallest absolute Gasteiger partial charge is 0.309 e. The average molecular weight is 463 g/mol. The van der Waals surface area contributed by atoms with Gasteiger partial charge < -0.3 is 15.3 Å². The van der Waals surface area contributed by atoms with E-state index in [0.717, 1.165) is 16.7 Å². The molecular formula is C26H30N4O4. The lowest BCUT2D eigenvalue weighted by Gasteiger charge is -2.27. The zero-order chi connectivity index (χ0) is 24.9. The minimum absolute atomic E-state index is 0.0720. The summed E-state index contributed by atoms with van der Waals surface area (Å²) in [4.78, 5) is 38.1. The Kier molecular flexibility index (Phi) is 7.50. The molecule has 178 valence electrons. The minimum Gasteiger partial charge on any atom is -0.481 e. The van der Waals surface area contributed by atoms with Crippen LogP contribution in [0.5, 0.6) is 0 Å². The molecule has 1 atom stereocenters. The molecule has 0 radical (unpaired) electrons. The third-order valence-electron chi connectivity index (χ3n) is 5.66. The van der Waals surface area contributed by atoms with Gasteiger partial charge >= 0.3 is 5.97 Å². The number of carboxylic acid groups (broad SMARTS) is 1. The molecule has 0 aliphatic rings. The summed E-state index contributed by atoms with van der Waals surface area (Å²) >= 11 is 0. The number of aliphatic carboxylic acids is 1. The Morgan fingerprint density at radius 1 is 1.03 bits per heavy atom. The predicted octanol–water partition coefficient (Wildman–Crippen LogP) is 3.62. The summed E-state index contributed by atoms with van der Waals surface area (Å²) in [5.41, 5.74) is 2.38. The third-order valence-corrected chi connectivity index (χ3v) is 5.66. The van der Waals surface area contributed by atoms with Crippen LogP contribution in [-0.4, -0.2) is 58.1 Å². The number of benzene rings is 2. The number of carboxylic acids is 1. The summed E-state index contributed by atoms with van der Waals surface area (Å²) in [6.07, 6.45) is 0.674. The quantitative estimate of drug-likeness (QED) is 0.449. The average Bonchev–Trinajstić information content (AvgIpc) is 3.29. The Balaban J connectivity index is 1.78. The van der Waals surface area contributed by atoms with E-state index in [4.69, 9.17) is 0 Å². The van der Waals surface area contributed by atoms with Crippen molar-refractivity contribution in [2.24, 2.45) is 5.41 Å². The number of rotatable bonds is 9. The normalized spacial score (nSPS) is 12.1. The lowest BCUT2D eigenvalue weighted by molar-refractivity contribution is -0.147. The van der Waals surface area contributed by atoms with Crippen molar-refractivity contribution >= 4 is 17.8 Å². The van der Waals surface area contributed by atoms with E-state index in [9.17, 15) is 19.5 Å². The number of nitrogens with one attached hydrogen (secondary N) is 2. The van der Waals surface area contributed by atoms with Gasteiger partial charge in [-0.15, -0.1) is 0 Å². The van der Waals surface area contributed by atoms with Gasteiger partial charge in [0, 0.05) is 26.2 Å². The van der Waals surface area contributed by atoms with Crippen LogP contribution in [0.2, 0.25) is 0 Å². The molecule has 0 aliphatic carbocycles. The van der Waals surface area contributed by atoms with Crippen molar-refractivity contribution in [3.63, 3.8) is 0 Å². The Morgan fingerprint density at radius 3 is 2.24 bits per heavy atom. The molecule has 34 heavy (non-hydrogen) atoms. The van der Waals surface area contributed by atoms with Gasteiger partial charge in [-0.05, 0) is 43.4 Å². The van der Waals surface area contributed by atoms with Crippen LogP contribution in [0, 0.1) is 5.41 Å². The van der Waals surface area contributed by atoms with Crippen LogP contribution in [0.25, 0.3) is 11.1 Å². The third kappa shape index (κ3) is 6.10. The highest BCUT2D eigenvalue weighted by molar-refractivity contribution is 5.97. The Labute approximate surface area is 199 Å². The van der Waals surface area contributed by atoms with Crippen molar-refractivity contribution in [3.05, 3.63) is 77.6 Å². The molecule has 8 heteroatoms. The highest BCUT2D eigenvalue weighted by Crippen LogP contribution is 2.26. The molecule has 3 N–H and O–H groups in total. The van der Waals surface area contributed by atoms with E-state index >= 15 is 0 Å². The molecular weight excluding hydrogens is 432 g/mol. The number of hydrogen-bond acceptors (Lipinski definition) is 4. The molecule has 0 saturated heterocycles. The maximum absolute atomic E-state index is 12.9. The first-order valence-corrected chi connectivity index (χ1v) is 11.0. The summed E-state index contributed by atoms with van der Waals surface area (Å²) in [6, 6.07) is 18.9. The molecule has 1 aromatic heterocycles. The lowest BCUT2D eigenvalue weighted by Crippen LogP contribution is -2.41. The van der Waals surface area contributed by atoms with Crippen LogP contribution in [0.4, 0.5) is 0 Å². The number of carbonyl (C=O) groups excluding carboxylic acids is 2. The molecule has 1 heterocycles. The molecule has 0 unspecified atom stereocenters. The van der Waals surface area contributed by atoms with E-state index < -0.39 is 23.3 Å². The van der Waals surface area contributed by atoms with Gasteiger partial charge in [0.1, 0.15) is 5.69 Å². The van der Waals surface area contributed by atoms with Crippen LogP contribution < -0.4 is 5.32 Å². The highest BCUT2D eigenvalue weighted by atomic mass is 16.4. The number of carbonyl (C=O) groups is 3. The number of aromatic amines is 1. The molecule has 0 fully saturated rings. The topological polar surface area (TPSA) is 115 Å². The van der Waals surface area contributed by atoms with Crippen LogP contribution in [-0.2, 0) is 11.2 Å². The minimum atomic E-state index is -1.04. The highest BCUT2D eigenvalue weighted by Gasteiger charge is 2.32. The fourth-order valence-electron chi connectivity index (χ4n) is 3.67. The van der Waals surface area contributed by atoms with Crippen molar-refractivity contribution in [3.8, 4) is 11.1 Å². The molecule has 3 rings (SSSR count). The van der Waals surface area contributed by atoms with E-state index in [0.29, 0.717) is 6.42 Å². The first-order chi connectivity index (χ1) is 16.1. The second kappa shape index (κ2) is 10.3. The fourth-order valence-corrected chi connectivity index (χ4v) is 3.67. The zero-order valence-corrected chi connectivity index (χ0v) is 19.8. The van der Waals surface area contributed by atoms with Crippen molar-refractivity contribution in [1.82, 2.24) is 20.4 Å². The van der Waals surface area contributed by atoms with E-state index in [1.165, 1.54) is 11.0 Å². The zero-order valence-electron chi connectivity index (χ0n) is 19.8. The van der Waals surface area contributed by atoms with Crippen LogP contribution in [0.15, 0.2) is 60.7 Å². The van der Waals surface area contributed by atoms with E-state index in [1.54, 1.807) is 27.9 Å². The first-order valence-electron chi connectivity index (χ1n) is 11.0. The summed E-state index contributed by atoms with van der Waals surface area (Å²) in [7, 11) is 3.21. The van der Waals surface area contributed by atoms with Gasteiger partial charge in [-0.1, -0.05) is 54.6 Å². The monoisotopic (exact) mass is 462 g/mol.